The Morgan fingerprint density at radius 2 is 1.65 bits per heavy atom. The van der Waals surface area contributed by atoms with Crippen LogP contribution in [0.15, 0.2) is 12.1 Å². The highest BCUT2D eigenvalue weighted by Crippen LogP contribution is 2.26. The van der Waals surface area contributed by atoms with Crippen LogP contribution in [0.3, 0.4) is 0 Å². The van der Waals surface area contributed by atoms with Gasteiger partial charge in [0, 0.05) is 32.7 Å². The Kier molecular flexibility index (Phi) is 4.94. The first kappa shape index (κ1) is 15.2. The van der Waals surface area contributed by atoms with Crippen LogP contribution in [0.25, 0.3) is 0 Å². The zero-order valence-electron chi connectivity index (χ0n) is 12.1. The van der Waals surface area contributed by atoms with E-state index in [4.69, 9.17) is 5.11 Å². The molecule has 0 amide bonds. The molecule has 0 radical (unpaired) electrons. The smallest absolute Gasteiger partial charge is 0.149 e. The van der Waals surface area contributed by atoms with Crippen molar-refractivity contribution in [1.82, 2.24) is 4.90 Å². The Balaban J connectivity index is 2.07. The molecule has 5 heteroatoms. The van der Waals surface area contributed by atoms with E-state index in [1.165, 1.54) is 12.1 Å². The standard InChI is InChI=1S/C15H22F2N2O/c1-11(2)9-18-3-5-19(6-4-18)15-13(16)7-12(10-20)8-14(15)17/h7-8,11,20H,3-6,9-10H2,1-2H3. The molecule has 0 bridgehead atoms. The zero-order chi connectivity index (χ0) is 14.7. The molecular weight excluding hydrogens is 262 g/mol. The monoisotopic (exact) mass is 284 g/mol. The van der Waals surface area contributed by atoms with E-state index < -0.39 is 11.6 Å². The average Bonchev–Trinajstić information content (AvgIpc) is 2.39. The minimum atomic E-state index is -0.591. The van der Waals surface area contributed by atoms with Gasteiger partial charge in [0.2, 0.25) is 0 Å². The number of rotatable bonds is 4. The van der Waals surface area contributed by atoms with E-state index in [-0.39, 0.29) is 17.9 Å². The number of nitrogens with zero attached hydrogens (tertiary/aromatic N) is 2. The van der Waals surface area contributed by atoms with Crippen molar-refractivity contribution in [3.8, 4) is 0 Å². The fourth-order valence-electron chi connectivity index (χ4n) is 2.68. The summed E-state index contributed by atoms with van der Waals surface area (Å²) in [6.45, 7) is 7.88. The molecule has 20 heavy (non-hydrogen) atoms. The van der Waals surface area contributed by atoms with Crippen molar-refractivity contribution in [3.05, 3.63) is 29.3 Å². The lowest BCUT2D eigenvalue weighted by atomic mass is 10.1. The van der Waals surface area contributed by atoms with Gasteiger partial charge in [-0.05, 0) is 23.6 Å². The maximum absolute atomic E-state index is 14.0. The maximum Gasteiger partial charge on any atom is 0.149 e. The molecule has 1 aliphatic rings. The third kappa shape index (κ3) is 3.46. The highest BCUT2D eigenvalue weighted by molar-refractivity contribution is 5.51. The Morgan fingerprint density at radius 1 is 1.10 bits per heavy atom. The predicted octanol–water partition coefficient (Wildman–Crippen LogP) is 2.24. The molecule has 1 N–H and O–H groups in total. The molecule has 1 aromatic carbocycles. The fraction of sp³-hybridized carbons (Fsp3) is 0.600. The molecule has 3 nitrogen and oxygen atoms in total. The second-order valence-corrected chi connectivity index (χ2v) is 5.75. The van der Waals surface area contributed by atoms with Crippen molar-refractivity contribution >= 4 is 5.69 Å². The minimum Gasteiger partial charge on any atom is -0.392 e. The van der Waals surface area contributed by atoms with Crippen molar-refractivity contribution in [3.63, 3.8) is 0 Å². The van der Waals surface area contributed by atoms with Gasteiger partial charge in [-0.2, -0.15) is 0 Å². The van der Waals surface area contributed by atoms with Crippen LogP contribution in [0.4, 0.5) is 14.5 Å². The highest BCUT2D eigenvalue weighted by atomic mass is 19.1. The molecule has 0 saturated carbocycles. The molecule has 112 valence electrons. The van der Waals surface area contributed by atoms with E-state index >= 15 is 0 Å². The summed E-state index contributed by atoms with van der Waals surface area (Å²) in [5, 5.41) is 8.95. The van der Waals surface area contributed by atoms with Crippen molar-refractivity contribution in [2.75, 3.05) is 37.6 Å². The van der Waals surface area contributed by atoms with Crippen molar-refractivity contribution in [1.29, 1.82) is 0 Å². The zero-order valence-corrected chi connectivity index (χ0v) is 12.1. The quantitative estimate of drug-likeness (QED) is 0.918. The Labute approximate surface area is 118 Å². The number of hydrogen-bond donors (Lipinski definition) is 1. The number of benzene rings is 1. The Hall–Kier alpha value is -1.20. The predicted molar refractivity (Wildman–Crippen MR) is 75.8 cm³/mol. The third-order valence-corrected chi connectivity index (χ3v) is 3.57. The number of piperazine rings is 1. The summed E-state index contributed by atoms with van der Waals surface area (Å²) in [5.41, 5.74) is 0.300. The lowest BCUT2D eigenvalue weighted by Crippen LogP contribution is -2.48. The molecule has 1 saturated heterocycles. The molecule has 2 rings (SSSR count). The Bertz CT molecular complexity index is 434. The number of anilines is 1. The maximum atomic E-state index is 14.0. The number of aliphatic hydroxyl groups is 1. The molecule has 0 spiro atoms. The number of hydrogen-bond acceptors (Lipinski definition) is 3. The first-order valence-corrected chi connectivity index (χ1v) is 7.07. The van der Waals surface area contributed by atoms with Crippen LogP contribution < -0.4 is 4.90 Å². The van der Waals surface area contributed by atoms with Crippen LogP contribution in [-0.2, 0) is 6.61 Å². The summed E-state index contributed by atoms with van der Waals surface area (Å²) in [5.74, 6) is -0.587. The highest BCUT2D eigenvalue weighted by Gasteiger charge is 2.23. The topological polar surface area (TPSA) is 26.7 Å². The van der Waals surface area contributed by atoms with E-state index in [1.807, 2.05) is 0 Å². The molecule has 1 aliphatic heterocycles. The average molecular weight is 284 g/mol. The molecule has 0 aromatic heterocycles. The van der Waals surface area contributed by atoms with Gasteiger partial charge in [0.25, 0.3) is 0 Å². The van der Waals surface area contributed by atoms with Crippen LogP contribution in [0.5, 0.6) is 0 Å². The van der Waals surface area contributed by atoms with Gasteiger partial charge < -0.3 is 10.0 Å². The summed E-state index contributed by atoms with van der Waals surface area (Å²) in [6, 6.07) is 2.41. The molecule has 0 atom stereocenters. The molecule has 1 aromatic rings. The summed E-state index contributed by atoms with van der Waals surface area (Å²) in [6.07, 6.45) is 0. The van der Waals surface area contributed by atoms with Crippen LogP contribution in [0, 0.1) is 17.6 Å². The van der Waals surface area contributed by atoms with E-state index in [2.05, 4.69) is 18.7 Å². The van der Waals surface area contributed by atoms with Gasteiger partial charge in [-0.15, -0.1) is 0 Å². The first-order chi connectivity index (χ1) is 9.51. The molecular formula is C15H22F2N2O. The molecule has 0 aliphatic carbocycles. The van der Waals surface area contributed by atoms with Crippen LogP contribution in [-0.4, -0.2) is 42.7 Å². The van der Waals surface area contributed by atoms with Crippen molar-refractivity contribution in [2.45, 2.75) is 20.5 Å². The van der Waals surface area contributed by atoms with Gasteiger partial charge in [-0.25, -0.2) is 8.78 Å². The second kappa shape index (κ2) is 6.50. The molecule has 1 fully saturated rings. The third-order valence-electron chi connectivity index (χ3n) is 3.57. The van der Waals surface area contributed by atoms with Gasteiger partial charge in [0.1, 0.15) is 17.3 Å². The Morgan fingerprint density at radius 3 is 2.10 bits per heavy atom. The van der Waals surface area contributed by atoms with Crippen LogP contribution in [0.1, 0.15) is 19.4 Å². The van der Waals surface area contributed by atoms with Gasteiger partial charge in [0.05, 0.1) is 6.61 Å². The SMILES string of the molecule is CC(C)CN1CCN(c2c(F)cc(CO)cc2F)CC1. The molecule has 1 heterocycles. The second-order valence-electron chi connectivity index (χ2n) is 5.75. The van der Waals surface area contributed by atoms with Gasteiger partial charge in [-0.1, -0.05) is 13.8 Å². The van der Waals surface area contributed by atoms with Gasteiger partial charge >= 0.3 is 0 Å². The van der Waals surface area contributed by atoms with Crippen LogP contribution in [0.2, 0.25) is 0 Å². The van der Waals surface area contributed by atoms with E-state index in [1.54, 1.807) is 4.90 Å². The van der Waals surface area contributed by atoms with Gasteiger partial charge in [0.15, 0.2) is 0 Å². The summed E-state index contributed by atoms with van der Waals surface area (Å²) >= 11 is 0. The summed E-state index contributed by atoms with van der Waals surface area (Å²) in [7, 11) is 0. The fourth-order valence-corrected chi connectivity index (χ4v) is 2.68. The van der Waals surface area contributed by atoms with E-state index in [0.717, 1.165) is 19.6 Å². The number of aliphatic hydroxyl groups excluding tert-OH is 1. The summed E-state index contributed by atoms with van der Waals surface area (Å²) < 4.78 is 28.0. The van der Waals surface area contributed by atoms with Crippen molar-refractivity contribution in [2.24, 2.45) is 5.92 Å². The first-order valence-electron chi connectivity index (χ1n) is 7.07. The van der Waals surface area contributed by atoms with E-state index in [9.17, 15) is 8.78 Å². The lowest BCUT2D eigenvalue weighted by Gasteiger charge is -2.37. The summed E-state index contributed by atoms with van der Waals surface area (Å²) in [4.78, 5) is 4.07. The van der Waals surface area contributed by atoms with Gasteiger partial charge in [-0.3, -0.25) is 4.90 Å². The lowest BCUT2D eigenvalue weighted by molar-refractivity contribution is 0.230. The normalized spacial score (nSPS) is 17.0. The number of halogens is 2. The largest absolute Gasteiger partial charge is 0.392 e. The minimum absolute atomic E-state index is 0.0337. The van der Waals surface area contributed by atoms with E-state index in [0.29, 0.717) is 19.0 Å². The molecule has 0 unspecified atom stereocenters. The van der Waals surface area contributed by atoms with Crippen molar-refractivity contribution < 1.29 is 13.9 Å². The van der Waals surface area contributed by atoms with Crippen LogP contribution >= 0.6 is 0 Å².